The van der Waals surface area contributed by atoms with Crippen LogP contribution in [0, 0.1) is 19.8 Å². The minimum absolute atomic E-state index is 0.479. The summed E-state index contributed by atoms with van der Waals surface area (Å²) in [5.41, 5.74) is 10.3. The zero-order valence-electron chi connectivity index (χ0n) is 14.9. The largest absolute Gasteiger partial charge is 0.369 e. The number of benzene rings is 1. The second-order valence-electron chi connectivity index (χ2n) is 7.62. The first-order chi connectivity index (χ1) is 11.1. The monoisotopic (exact) mass is 315 g/mol. The van der Waals surface area contributed by atoms with E-state index in [0.29, 0.717) is 6.04 Å². The van der Waals surface area contributed by atoms with Crippen LogP contribution >= 0.6 is 0 Å². The summed E-state index contributed by atoms with van der Waals surface area (Å²) in [7, 11) is 0. The Labute approximate surface area is 141 Å². The molecule has 3 heteroatoms. The summed E-state index contributed by atoms with van der Waals surface area (Å²) in [6, 6.07) is 7.17. The molecule has 0 spiro atoms. The highest BCUT2D eigenvalue weighted by Crippen LogP contribution is 2.27. The van der Waals surface area contributed by atoms with E-state index in [9.17, 15) is 0 Å². The van der Waals surface area contributed by atoms with Crippen molar-refractivity contribution in [2.75, 3.05) is 37.6 Å². The van der Waals surface area contributed by atoms with E-state index < -0.39 is 0 Å². The van der Waals surface area contributed by atoms with Gasteiger partial charge in [-0.15, -0.1) is 0 Å². The number of rotatable bonds is 4. The zero-order valence-corrected chi connectivity index (χ0v) is 14.9. The van der Waals surface area contributed by atoms with Crippen molar-refractivity contribution in [3.05, 3.63) is 29.3 Å². The Hall–Kier alpha value is -1.06. The topological polar surface area (TPSA) is 32.5 Å². The van der Waals surface area contributed by atoms with E-state index in [1.165, 1.54) is 81.6 Å². The van der Waals surface area contributed by atoms with Crippen LogP contribution in [0.2, 0.25) is 0 Å². The molecule has 0 amide bonds. The van der Waals surface area contributed by atoms with Gasteiger partial charge in [-0.3, -0.25) is 4.90 Å². The quantitative estimate of drug-likeness (QED) is 0.925. The fourth-order valence-electron chi connectivity index (χ4n) is 4.13. The second kappa shape index (κ2) is 7.67. The van der Waals surface area contributed by atoms with Gasteiger partial charge in [0.2, 0.25) is 0 Å². The van der Waals surface area contributed by atoms with Gasteiger partial charge >= 0.3 is 0 Å². The van der Waals surface area contributed by atoms with Crippen molar-refractivity contribution in [1.29, 1.82) is 0 Å². The average Bonchev–Trinajstić information content (AvgIpc) is 2.57. The number of hydrogen-bond acceptors (Lipinski definition) is 3. The molecule has 1 heterocycles. The van der Waals surface area contributed by atoms with E-state index in [0.717, 1.165) is 5.92 Å². The molecular weight excluding hydrogens is 282 g/mol. The van der Waals surface area contributed by atoms with Crippen molar-refractivity contribution >= 4 is 5.69 Å². The molecule has 3 rings (SSSR count). The number of nitrogens with two attached hydrogens (primary N) is 1. The maximum atomic E-state index is 6.01. The molecule has 0 aromatic heterocycles. The van der Waals surface area contributed by atoms with Crippen LogP contribution in [-0.4, -0.2) is 43.7 Å². The molecule has 1 aliphatic heterocycles. The van der Waals surface area contributed by atoms with E-state index in [2.05, 4.69) is 41.8 Å². The van der Waals surface area contributed by atoms with Gasteiger partial charge in [0.15, 0.2) is 0 Å². The van der Waals surface area contributed by atoms with Crippen LogP contribution in [0.15, 0.2) is 18.2 Å². The summed E-state index contributed by atoms with van der Waals surface area (Å²) in [5, 5.41) is 0. The van der Waals surface area contributed by atoms with Crippen molar-refractivity contribution in [2.45, 2.75) is 52.0 Å². The lowest BCUT2D eigenvalue weighted by atomic mass is 9.84. The molecular formula is C20H33N3. The van der Waals surface area contributed by atoms with E-state index in [1.54, 1.807) is 0 Å². The standard InChI is InChI=1S/C20H33N3/c1-16-4-3-5-20(17(16)2)23-14-12-22(13-15-23)11-10-18-6-8-19(21)9-7-18/h3-5,18-19H,6-15,21H2,1-2H3. The first-order valence-electron chi connectivity index (χ1n) is 9.42. The van der Waals surface area contributed by atoms with Crippen LogP contribution < -0.4 is 10.6 Å². The molecule has 128 valence electrons. The third-order valence-corrected chi connectivity index (χ3v) is 6.03. The van der Waals surface area contributed by atoms with Crippen LogP contribution in [0.5, 0.6) is 0 Å². The predicted octanol–water partition coefficient (Wildman–Crippen LogP) is 3.33. The first-order valence-corrected chi connectivity index (χ1v) is 9.42. The molecule has 0 unspecified atom stereocenters. The van der Waals surface area contributed by atoms with Crippen molar-refractivity contribution in [2.24, 2.45) is 11.7 Å². The summed E-state index contributed by atoms with van der Waals surface area (Å²) in [6.07, 6.45) is 6.56. The molecule has 1 aliphatic carbocycles. The Bertz CT molecular complexity index is 498. The van der Waals surface area contributed by atoms with Gasteiger partial charge in [-0.2, -0.15) is 0 Å². The normalized spacial score (nSPS) is 26.5. The molecule has 2 aliphatic rings. The summed E-state index contributed by atoms with van der Waals surface area (Å²) in [4.78, 5) is 5.23. The van der Waals surface area contributed by atoms with E-state index in [4.69, 9.17) is 5.73 Å². The first kappa shape index (κ1) is 16.8. The molecule has 3 nitrogen and oxygen atoms in total. The molecule has 0 atom stereocenters. The number of nitrogens with zero attached hydrogens (tertiary/aromatic N) is 2. The van der Waals surface area contributed by atoms with Crippen LogP contribution in [0.4, 0.5) is 5.69 Å². The number of piperazine rings is 1. The van der Waals surface area contributed by atoms with E-state index in [-0.39, 0.29) is 0 Å². The van der Waals surface area contributed by atoms with Gasteiger partial charge in [0.25, 0.3) is 0 Å². The van der Waals surface area contributed by atoms with Gasteiger partial charge in [0.05, 0.1) is 0 Å². The molecule has 23 heavy (non-hydrogen) atoms. The molecule has 0 radical (unpaired) electrons. The summed E-state index contributed by atoms with van der Waals surface area (Å²) in [6.45, 7) is 10.5. The highest BCUT2D eigenvalue weighted by atomic mass is 15.3. The van der Waals surface area contributed by atoms with E-state index in [1.807, 2.05) is 0 Å². The molecule has 2 N–H and O–H groups in total. The van der Waals surface area contributed by atoms with Gasteiger partial charge in [-0.25, -0.2) is 0 Å². The average molecular weight is 316 g/mol. The fourth-order valence-corrected chi connectivity index (χ4v) is 4.13. The predicted molar refractivity (Wildman–Crippen MR) is 99.1 cm³/mol. The van der Waals surface area contributed by atoms with Crippen LogP contribution in [0.3, 0.4) is 0 Å². The van der Waals surface area contributed by atoms with Crippen LogP contribution in [0.25, 0.3) is 0 Å². The van der Waals surface area contributed by atoms with Crippen molar-refractivity contribution < 1.29 is 0 Å². The molecule has 1 saturated heterocycles. The molecule has 0 bridgehead atoms. The fraction of sp³-hybridized carbons (Fsp3) is 0.700. The second-order valence-corrected chi connectivity index (χ2v) is 7.62. The maximum absolute atomic E-state index is 6.01. The van der Waals surface area contributed by atoms with Gasteiger partial charge in [0, 0.05) is 37.9 Å². The molecule has 1 aromatic rings. The Morgan fingerprint density at radius 1 is 1.00 bits per heavy atom. The van der Waals surface area contributed by atoms with Gasteiger partial charge in [-0.05, 0) is 75.6 Å². The highest BCUT2D eigenvalue weighted by Gasteiger charge is 2.22. The Morgan fingerprint density at radius 2 is 1.70 bits per heavy atom. The zero-order chi connectivity index (χ0) is 16.2. The van der Waals surface area contributed by atoms with Crippen molar-refractivity contribution in [3.63, 3.8) is 0 Å². The Balaban J connectivity index is 1.44. The lowest BCUT2D eigenvalue weighted by Crippen LogP contribution is -2.47. The Morgan fingerprint density at radius 3 is 2.39 bits per heavy atom. The van der Waals surface area contributed by atoms with Crippen molar-refractivity contribution in [1.82, 2.24) is 4.90 Å². The van der Waals surface area contributed by atoms with Crippen molar-refractivity contribution in [3.8, 4) is 0 Å². The van der Waals surface area contributed by atoms with Gasteiger partial charge in [-0.1, -0.05) is 12.1 Å². The van der Waals surface area contributed by atoms with Crippen LogP contribution in [0.1, 0.15) is 43.2 Å². The van der Waals surface area contributed by atoms with Gasteiger partial charge in [0.1, 0.15) is 0 Å². The highest BCUT2D eigenvalue weighted by molar-refractivity contribution is 5.56. The van der Waals surface area contributed by atoms with Crippen LogP contribution in [-0.2, 0) is 0 Å². The maximum Gasteiger partial charge on any atom is 0.0399 e. The number of hydrogen-bond donors (Lipinski definition) is 1. The number of aryl methyl sites for hydroxylation is 1. The molecule has 1 saturated carbocycles. The minimum Gasteiger partial charge on any atom is -0.369 e. The van der Waals surface area contributed by atoms with E-state index >= 15 is 0 Å². The third kappa shape index (κ3) is 4.27. The summed E-state index contributed by atoms with van der Waals surface area (Å²) < 4.78 is 0. The van der Waals surface area contributed by atoms with Gasteiger partial charge < -0.3 is 10.6 Å². The molecule has 1 aromatic carbocycles. The number of anilines is 1. The lowest BCUT2D eigenvalue weighted by Gasteiger charge is -2.38. The SMILES string of the molecule is Cc1cccc(N2CCN(CCC3CCC(N)CC3)CC2)c1C. The lowest BCUT2D eigenvalue weighted by molar-refractivity contribution is 0.217. The smallest absolute Gasteiger partial charge is 0.0399 e. The summed E-state index contributed by atoms with van der Waals surface area (Å²) in [5.74, 6) is 0.923. The Kier molecular flexibility index (Phi) is 5.60. The molecule has 2 fully saturated rings. The minimum atomic E-state index is 0.479. The third-order valence-electron chi connectivity index (χ3n) is 6.03. The summed E-state index contributed by atoms with van der Waals surface area (Å²) >= 11 is 0.